The summed E-state index contributed by atoms with van der Waals surface area (Å²) in [6.07, 6.45) is 4.06. The van der Waals surface area contributed by atoms with Gasteiger partial charge in [-0.3, -0.25) is 14.5 Å². The van der Waals surface area contributed by atoms with Gasteiger partial charge in [0.15, 0.2) is 0 Å². The number of rotatable bonds is 4. The molecule has 146 valence electrons. The molecule has 0 aromatic heterocycles. The van der Waals surface area contributed by atoms with E-state index >= 15 is 0 Å². The molecular weight excluding hydrogens is 332 g/mol. The highest BCUT2D eigenvalue weighted by Crippen LogP contribution is 2.32. The zero-order valence-corrected chi connectivity index (χ0v) is 16.3. The van der Waals surface area contributed by atoms with Gasteiger partial charge in [0.2, 0.25) is 5.91 Å². The van der Waals surface area contributed by atoms with Crippen molar-refractivity contribution in [1.82, 2.24) is 20.0 Å². The quantitative estimate of drug-likeness (QED) is 0.766. The number of amides is 4. The zero-order chi connectivity index (χ0) is 18.9. The number of urea groups is 1. The van der Waals surface area contributed by atoms with E-state index in [-0.39, 0.29) is 29.8 Å². The van der Waals surface area contributed by atoms with Crippen LogP contribution in [0.5, 0.6) is 0 Å². The zero-order valence-electron chi connectivity index (χ0n) is 16.3. The van der Waals surface area contributed by atoms with E-state index in [0.717, 1.165) is 38.9 Å². The highest BCUT2D eigenvalue weighted by Gasteiger charge is 2.54. The number of carbonyl (C=O) groups excluding carboxylic acids is 3. The Morgan fingerprint density at radius 2 is 1.92 bits per heavy atom. The predicted octanol–water partition coefficient (Wildman–Crippen LogP) is 1.43. The summed E-state index contributed by atoms with van der Waals surface area (Å²) in [5.74, 6) is -0.0436. The third-order valence-electron chi connectivity index (χ3n) is 6.01. The SMILES string of the molecule is CCCN1CCC2(CC1)NC(=O)N([C@@H]1CCCN(C(=O)C(C)C)C1)C2=O. The van der Waals surface area contributed by atoms with Crippen LogP contribution < -0.4 is 5.32 Å². The second-order valence-corrected chi connectivity index (χ2v) is 8.26. The van der Waals surface area contributed by atoms with Gasteiger partial charge in [-0.25, -0.2) is 4.79 Å². The van der Waals surface area contributed by atoms with Crippen molar-refractivity contribution < 1.29 is 14.4 Å². The highest BCUT2D eigenvalue weighted by molar-refractivity contribution is 6.07. The van der Waals surface area contributed by atoms with E-state index in [9.17, 15) is 14.4 Å². The third-order valence-corrected chi connectivity index (χ3v) is 6.01. The second kappa shape index (κ2) is 7.55. The molecule has 3 saturated heterocycles. The molecule has 7 heteroatoms. The number of carbonyl (C=O) groups is 3. The van der Waals surface area contributed by atoms with Crippen LogP contribution in [0.25, 0.3) is 0 Å². The van der Waals surface area contributed by atoms with Crippen LogP contribution in [-0.4, -0.2) is 76.8 Å². The van der Waals surface area contributed by atoms with Gasteiger partial charge in [-0.1, -0.05) is 20.8 Å². The Bertz CT molecular complexity index is 569. The minimum atomic E-state index is -0.730. The maximum Gasteiger partial charge on any atom is 0.325 e. The summed E-state index contributed by atoms with van der Waals surface area (Å²) in [4.78, 5) is 43.8. The van der Waals surface area contributed by atoms with Crippen LogP contribution in [0.1, 0.15) is 52.9 Å². The molecular formula is C19H32N4O3. The topological polar surface area (TPSA) is 73.0 Å². The van der Waals surface area contributed by atoms with Gasteiger partial charge in [-0.15, -0.1) is 0 Å². The fraction of sp³-hybridized carbons (Fsp3) is 0.842. The minimum Gasteiger partial charge on any atom is -0.340 e. The fourth-order valence-electron chi connectivity index (χ4n) is 4.52. The Hall–Kier alpha value is -1.63. The average Bonchev–Trinajstić information content (AvgIpc) is 2.86. The van der Waals surface area contributed by atoms with Crippen molar-refractivity contribution in [3.63, 3.8) is 0 Å². The van der Waals surface area contributed by atoms with Crippen LogP contribution in [0.4, 0.5) is 4.79 Å². The van der Waals surface area contributed by atoms with Crippen molar-refractivity contribution >= 4 is 17.8 Å². The molecule has 0 aliphatic carbocycles. The van der Waals surface area contributed by atoms with Crippen molar-refractivity contribution in [3.05, 3.63) is 0 Å². The molecule has 0 radical (unpaired) electrons. The van der Waals surface area contributed by atoms with Crippen molar-refractivity contribution in [3.8, 4) is 0 Å². The summed E-state index contributed by atoms with van der Waals surface area (Å²) in [6.45, 7) is 9.84. The lowest BCUT2D eigenvalue weighted by molar-refractivity contribution is -0.140. The fourth-order valence-corrected chi connectivity index (χ4v) is 4.52. The Kier molecular flexibility index (Phi) is 5.55. The summed E-state index contributed by atoms with van der Waals surface area (Å²) >= 11 is 0. The van der Waals surface area contributed by atoms with Crippen LogP contribution in [0, 0.1) is 5.92 Å². The van der Waals surface area contributed by atoms with E-state index in [2.05, 4.69) is 17.1 Å². The van der Waals surface area contributed by atoms with Gasteiger partial charge in [0.1, 0.15) is 5.54 Å². The van der Waals surface area contributed by atoms with Gasteiger partial charge in [0.05, 0.1) is 6.04 Å². The predicted molar refractivity (Wildman–Crippen MR) is 98.5 cm³/mol. The molecule has 3 aliphatic heterocycles. The first-order chi connectivity index (χ1) is 12.4. The summed E-state index contributed by atoms with van der Waals surface area (Å²) in [6, 6.07) is -0.477. The normalized spacial score (nSPS) is 26.7. The molecule has 3 aliphatic rings. The lowest BCUT2D eigenvalue weighted by Gasteiger charge is -2.39. The molecule has 1 atom stereocenters. The molecule has 26 heavy (non-hydrogen) atoms. The van der Waals surface area contributed by atoms with Gasteiger partial charge in [-0.05, 0) is 38.6 Å². The molecule has 1 spiro atoms. The average molecular weight is 364 g/mol. The van der Waals surface area contributed by atoms with E-state index in [1.165, 1.54) is 4.90 Å². The van der Waals surface area contributed by atoms with Gasteiger partial charge < -0.3 is 15.1 Å². The molecule has 3 rings (SSSR count). The van der Waals surface area contributed by atoms with Crippen LogP contribution in [0.2, 0.25) is 0 Å². The van der Waals surface area contributed by atoms with E-state index in [4.69, 9.17) is 0 Å². The van der Waals surface area contributed by atoms with Gasteiger partial charge >= 0.3 is 6.03 Å². The Morgan fingerprint density at radius 3 is 2.54 bits per heavy atom. The summed E-state index contributed by atoms with van der Waals surface area (Å²) < 4.78 is 0. The smallest absolute Gasteiger partial charge is 0.325 e. The molecule has 1 N–H and O–H groups in total. The van der Waals surface area contributed by atoms with E-state index in [1.807, 2.05) is 18.7 Å². The van der Waals surface area contributed by atoms with Crippen LogP contribution >= 0.6 is 0 Å². The molecule has 4 amide bonds. The van der Waals surface area contributed by atoms with E-state index in [0.29, 0.717) is 25.9 Å². The van der Waals surface area contributed by atoms with E-state index in [1.54, 1.807) is 0 Å². The molecule has 0 aromatic carbocycles. The number of imide groups is 1. The molecule has 3 fully saturated rings. The Balaban J connectivity index is 1.68. The van der Waals surface area contributed by atoms with Gasteiger partial charge in [0, 0.05) is 32.1 Å². The number of nitrogens with zero attached hydrogens (tertiary/aromatic N) is 3. The van der Waals surface area contributed by atoms with Crippen molar-refractivity contribution in [2.75, 3.05) is 32.7 Å². The number of hydrogen-bond acceptors (Lipinski definition) is 4. The van der Waals surface area contributed by atoms with E-state index < -0.39 is 5.54 Å². The molecule has 0 unspecified atom stereocenters. The summed E-state index contributed by atoms with van der Waals surface area (Å²) in [5, 5.41) is 3.00. The first-order valence-corrected chi connectivity index (χ1v) is 10.0. The minimum absolute atomic E-state index is 0.0638. The number of nitrogens with one attached hydrogen (secondary N) is 1. The first-order valence-electron chi connectivity index (χ1n) is 10.0. The summed E-state index contributed by atoms with van der Waals surface area (Å²) in [7, 11) is 0. The highest BCUT2D eigenvalue weighted by atomic mass is 16.2. The maximum atomic E-state index is 13.2. The maximum absolute atomic E-state index is 13.2. The monoisotopic (exact) mass is 364 g/mol. The molecule has 3 heterocycles. The largest absolute Gasteiger partial charge is 0.340 e. The number of hydrogen-bond donors (Lipinski definition) is 1. The second-order valence-electron chi connectivity index (χ2n) is 8.26. The first kappa shape index (κ1) is 19.1. The lowest BCUT2D eigenvalue weighted by atomic mass is 9.87. The number of piperidine rings is 2. The lowest BCUT2D eigenvalue weighted by Crippen LogP contribution is -2.56. The van der Waals surface area contributed by atoms with Gasteiger partial charge in [-0.2, -0.15) is 0 Å². The van der Waals surface area contributed by atoms with Crippen molar-refractivity contribution in [1.29, 1.82) is 0 Å². The molecule has 7 nitrogen and oxygen atoms in total. The Morgan fingerprint density at radius 1 is 1.23 bits per heavy atom. The van der Waals surface area contributed by atoms with Crippen LogP contribution in [0.15, 0.2) is 0 Å². The van der Waals surface area contributed by atoms with Crippen molar-refractivity contribution in [2.45, 2.75) is 64.5 Å². The van der Waals surface area contributed by atoms with Crippen LogP contribution in [0.3, 0.4) is 0 Å². The third kappa shape index (κ3) is 3.46. The Labute approximate surface area is 156 Å². The molecule has 0 saturated carbocycles. The van der Waals surface area contributed by atoms with Crippen molar-refractivity contribution in [2.24, 2.45) is 5.92 Å². The molecule has 0 bridgehead atoms. The standard InChI is InChI=1S/C19H32N4O3/c1-4-9-21-11-7-19(8-12-21)17(25)23(18(26)20-19)15-6-5-10-22(13-15)16(24)14(2)3/h14-15H,4-13H2,1-3H3,(H,20,26)/t15-/m1/s1. The molecule has 0 aromatic rings. The van der Waals surface area contributed by atoms with Crippen LogP contribution in [-0.2, 0) is 9.59 Å². The summed E-state index contributed by atoms with van der Waals surface area (Å²) in [5.41, 5.74) is -0.730. The number of likely N-dealkylation sites (tertiary alicyclic amines) is 2. The van der Waals surface area contributed by atoms with Gasteiger partial charge in [0.25, 0.3) is 5.91 Å².